The number of rotatable bonds is 3. The minimum absolute atomic E-state index is 0.277. The summed E-state index contributed by atoms with van der Waals surface area (Å²) in [5.74, 6) is 1.02. The molecule has 7 heteroatoms. The molecule has 1 aliphatic heterocycles. The maximum Gasteiger partial charge on any atom is 0.156 e. The molecule has 1 aliphatic carbocycles. The van der Waals surface area contributed by atoms with Crippen LogP contribution in [0.15, 0.2) is 24.4 Å². The van der Waals surface area contributed by atoms with E-state index in [1.165, 1.54) is 25.7 Å². The smallest absolute Gasteiger partial charge is 0.156 e. The van der Waals surface area contributed by atoms with E-state index in [2.05, 4.69) is 20.0 Å². The number of imidazole rings is 2. The minimum Gasteiger partial charge on any atom is -0.339 e. The van der Waals surface area contributed by atoms with Gasteiger partial charge in [-0.25, -0.2) is 18.9 Å². The van der Waals surface area contributed by atoms with E-state index in [1.807, 2.05) is 32.2 Å². The lowest BCUT2D eigenvalue weighted by Crippen LogP contribution is -2.39. The summed E-state index contributed by atoms with van der Waals surface area (Å²) in [5, 5.41) is 4.66. The first-order valence-electron chi connectivity index (χ1n) is 11.8. The van der Waals surface area contributed by atoms with Crippen molar-refractivity contribution in [1.29, 1.82) is 0 Å². The van der Waals surface area contributed by atoms with Crippen molar-refractivity contribution in [2.24, 2.45) is 0 Å². The van der Waals surface area contributed by atoms with Crippen molar-refractivity contribution in [2.75, 3.05) is 13.1 Å². The Morgan fingerprint density at radius 3 is 2.56 bits per heavy atom. The summed E-state index contributed by atoms with van der Waals surface area (Å²) >= 11 is 0. The van der Waals surface area contributed by atoms with Crippen LogP contribution in [-0.2, 0) is 0 Å². The quantitative estimate of drug-likeness (QED) is 0.486. The second-order valence-corrected chi connectivity index (χ2v) is 9.59. The summed E-state index contributed by atoms with van der Waals surface area (Å²) in [6, 6.07) is 6.25. The lowest BCUT2D eigenvalue weighted by Gasteiger charge is -2.35. The first-order chi connectivity index (χ1) is 15.5. The average Bonchev–Trinajstić information content (AvgIpc) is 3.53. The summed E-state index contributed by atoms with van der Waals surface area (Å²) in [6.45, 7) is 6.19. The lowest BCUT2D eigenvalue weighted by atomic mass is 9.95. The van der Waals surface area contributed by atoms with Crippen molar-refractivity contribution >= 4 is 16.7 Å². The number of benzene rings is 1. The van der Waals surface area contributed by atoms with Crippen molar-refractivity contribution in [3.8, 4) is 11.3 Å². The van der Waals surface area contributed by atoms with Crippen molar-refractivity contribution in [3.63, 3.8) is 0 Å². The third-order valence-electron chi connectivity index (χ3n) is 7.35. The monoisotopic (exact) mass is 432 g/mol. The first kappa shape index (κ1) is 19.9. The number of aromatic amines is 1. The van der Waals surface area contributed by atoms with Crippen LogP contribution in [0, 0.1) is 19.7 Å². The number of aryl methyl sites for hydroxylation is 2. The minimum atomic E-state index is -0.277. The third kappa shape index (κ3) is 3.39. The van der Waals surface area contributed by atoms with E-state index in [1.54, 1.807) is 10.6 Å². The fraction of sp³-hybridized carbons (Fsp3) is 0.480. The van der Waals surface area contributed by atoms with Crippen LogP contribution in [0.5, 0.6) is 0 Å². The molecule has 0 radical (unpaired) electrons. The van der Waals surface area contributed by atoms with Gasteiger partial charge in [0.2, 0.25) is 0 Å². The summed E-state index contributed by atoms with van der Waals surface area (Å²) in [6.07, 6.45) is 9.51. The van der Waals surface area contributed by atoms with Gasteiger partial charge in [-0.3, -0.25) is 0 Å². The topological polar surface area (TPSA) is 62.1 Å². The van der Waals surface area contributed by atoms with Gasteiger partial charge in [0.25, 0.3) is 0 Å². The number of hydrogen-bond donors (Lipinski definition) is 1. The molecule has 0 spiro atoms. The molecule has 1 aromatic carbocycles. The molecule has 32 heavy (non-hydrogen) atoms. The molecular formula is C25H29FN6. The summed E-state index contributed by atoms with van der Waals surface area (Å²) in [7, 11) is 0. The van der Waals surface area contributed by atoms with Gasteiger partial charge in [0.05, 0.1) is 23.1 Å². The predicted octanol–water partition coefficient (Wildman–Crippen LogP) is 5.15. The molecular weight excluding hydrogens is 403 g/mol. The van der Waals surface area contributed by atoms with E-state index in [-0.39, 0.29) is 5.82 Å². The number of nitrogens with zero attached hydrogens (tertiary/aromatic N) is 5. The number of halogens is 1. The molecule has 1 saturated carbocycles. The maximum absolute atomic E-state index is 15.1. The van der Waals surface area contributed by atoms with E-state index < -0.39 is 0 Å². The van der Waals surface area contributed by atoms with Crippen LogP contribution in [0.4, 0.5) is 4.39 Å². The molecule has 2 fully saturated rings. The Labute approximate surface area is 186 Å². The highest BCUT2D eigenvalue weighted by atomic mass is 19.1. The normalized spacial score (nSPS) is 19.0. The SMILES string of the molecule is Cc1cn2nc(-c3cc(F)c4[nH]c(C5CCN(C6CCCC6)CC5)nc4c3)cc(C)c2n1. The number of aromatic nitrogens is 5. The Morgan fingerprint density at radius 1 is 1.00 bits per heavy atom. The van der Waals surface area contributed by atoms with Gasteiger partial charge in [0, 0.05) is 17.5 Å². The van der Waals surface area contributed by atoms with Gasteiger partial charge in [0.15, 0.2) is 5.65 Å². The van der Waals surface area contributed by atoms with Gasteiger partial charge in [-0.15, -0.1) is 0 Å². The molecule has 0 amide bonds. The Bertz CT molecular complexity index is 1290. The van der Waals surface area contributed by atoms with Crippen LogP contribution >= 0.6 is 0 Å². The molecule has 6 rings (SSSR count). The van der Waals surface area contributed by atoms with Gasteiger partial charge in [-0.2, -0.15) is 5.10 Å². The number of likely N-dealkylation sites (tertiary alicyclic amines) is 1. The second-order valence-electron chi connectivity index (χ2n) is 9.59. The zero-order chi connectivity index (χ0) is 21.8. The molecule has 1 saturated heterocycles. The number of H-pyrrole nitrogens is 1. The molecule has 0 unspecified atom stereocenters. The van der Waals surface area contributed by atoms with Gasteiger partial charge >= 0.3 is 0 Å². The molecule has 3 aromatic heterocycles. The molecule has 2 aliphatic rings. The Kier molecular flexibility index (Phi) is 4.75. The van der Waals surface area contributed by atoms with Crippen molar-refractivity contribution < 1.29 is 4.39 Å². The van der Waals surface area contributed by atoms with E-state index in [4.69, 9.17) is 4.98 Å². The third-order valence-corrected chi connectivity index (χ3v) is 7.35. The van der Waals surface area contributed by atoms with Gasteiger partial charge < -0.3 is 9.88 Å². The zero-order valence-corrected chi connectivity index (χ0v) is 18.7. The fourth-order valence-corrected chi connectivity index (χ4v) is 5.62. The van der Waals surface area contributed by atoms with E-state index >= 15 is 4.39 Å². The highest BCUT2D eigenvalue weighted by Crippen LogP contribution is 2.33. The van der Waals surface area contributed by atoms with Gasteiger partial charge in [-0.05, 0) is 76.4 Å². The molecule has 0 atom stereocenters. The fourth-order valence-electron chi connectivity index (χ4n) is 5.62. The van der Waals surface area contributed by atoms with Crippen molar-refractivity contribution in [1.82, 2.24) is 29.5 Å². The maximum atomic E-state index is 15.1. The number of hydrogen-bond acceptors (Lipinski definition) is 4. The molecule has 4 aromatic rings. The highest BCUT2D eigenvalue weighted by Gasteiger charge is 2.29. The standard InChI is InChI=1S/C25H29FN6/c1-15-11-21(30-32-14-16(2)27-25(15)32)18-12-20(26)23-22(13-18)28-24(29-23)17-7-9-31(10-8-17)19-5-3-4-6-19/h11-14,17,19H,3-10H2,1-2H3,(H,28,29). The van der Waals surface area contributed by atoms with Gasteiger partial charge in [-0.1, -0.05) is 12.8 Å². The van der Waals surface area contributed by atoms with Crippen LogP contribution in [0.3, 0.4) is 0 Å². The van der Waals surface area contributed by atoms with Crippen LogP contribution in [0.1, 0.15) is 61.5 Å². The Morgan fingerprint density at radius 2 is 1.78 bits per heavy atom. The van der Waals surface area contributed by atoms with Crippen molar-refractivity contribution in [3.05, 3.63) is 47.3 Å². The molecule has 6 nitrogen and oxygen atoms in total. The Hall–Kier alpha value is -2.80. The van der Waals surface area contributed by atoms with E-state index in [0.29, 0.717) is 17.0 Å². The molecule has 4 heterocycles. The number of nitrogens with one attached hydrogen (secondary N) is 1. The summed E-state index contributed by atoms with van der Waals surface area (Å²) in [4.78, 5) is 15.3. The highest BCUT2D eigenvalue weighted by molar-refractivity contribution is 5.82. The van der Waals surface area contributed by atoms with Crippen molar-refractivity contribution in [2.45, 2.75) is 64.3 Å². The average molecular weight is 433 g/mol. The molecule has 1 N–H and O–H groups in total. The second kappa shape index (κ2) is 7.66. The van der Waals surface area contributed by atoms with Crippen LogP contribution in [-0.4, -0.2) is 48.6 Å². The van der Waals surface area contributed by atoms with Crippen LogP contribution < -0.4 is 0 Å². The zero-order valence-electron chi connectivity index (χ0n) is 18.7. The molecule has 166 valence electrons. The number of fused-ring (bicyclic) bond motifs is 2. The lowest BCUT2D eigenvalue weighted by molar-refractivity contribution is 0.152. The Balaban J connectivity index is 1.29. The largest absolute Gasteiger partial charge is 0.339 e. The van der Waals surface area contributed by atoms with Crippen LogP contribution in [0.2, 0.25) is 0 Å². The summed E-state index contributed by atoms with van der Waals surface area (Å²) < 4.78 is 16.8. The van der Waals surface area contributed by atoms with E-state index in [0.717, 1.165) is 66.0 Å². The van der Waals surface area contributed by atoms with Gasteiger partial charge in [0.1, 0.15) is 17.2 Å². The first-order valence-corrected chi connectivity index (χ1v) is 11.8. The van der Waals surface area contributed by atoms with Crippen LogP contribution in [0.25, 0.3) is 27.9 Å². The summed E-state index contributed by atoms with van der Waals surface area (Å²) in [5.41, 5.74) is 5.39. The van der Waals surface area contributed by atoms with E-state index in [9.17, 15) is 0 Å². The predicted molar refractivity (Wildman–Crippen MR) is 123 cm³/mol. The molecule has 0 bridgehead atoms. The number of piperidine rings is 1.